The minimum absolute atomic E-state index is 0.0211. The van der Waals surface area contributed by atoms with Gasteiger partial charge >= 0.3 is 277 Å². The Morgan fingerprint density at radius 1 is 0.600 bits per heavy atom. The van der Waals surface area contributed by atoms with E-state index >= 15 is 0 Å². The molecular formula is C38H43IO5S. The van der Waals surface area contributed by atoms with Crippen molar-refractivity contribution in [2.75, 3.05) is 14.2 Å². The Balaban J connectivity index is 1.62. The van der Waals surface area contributed by atoms with Crippen molar-refractivity contribution in [1.82, 2.24) is 0 Å². The molecule has 0 unspecified atom stereocenters. The van der Waals surface area contributed by atoms with E-state index < -0.39 is 30.4 Å². The second-order valence-electron chi connectivity index (χ2n) is 12.6. The predicted molar refractivity (Wildman–Crippen MR) is 194 cm³/mol. The summed E-state index contributed by atoms with van der Waals surface area (Å²) in [5, 5.41) is 3.16. The van der Waals surface area contributed by atoms with Crippen molar-refractivity contribution in [2.45, 2.75) is 70.1 Å². The van der Waals surface area contributed by atoms with Gasteiger partial charge in [0.05, 0.1) is 0 Å². The van der Waals surface area contributed by atoms with E-state index in [9.17, 15) is 8.42 Å². The summed E-state index contributed by atoms with van der Waals surface area (Å²) in [7, 11) is -0.936. The molecule has 0 fully saturated rings. The topological polar surface area (TPSA) is 61.8 Å². The normalized spacial score (nSPS) is 12.8. The minimum atomic E-state index is -4.16. The standard InChI is InChI=1S/C38H43IO5S/c1-9-37(3,4)26-15-19-28(20-16-26)39(29-21-17-27(18-22-29)38(5,6)10-2)44-45(40,41)30-23-24-33-34(25-30)36(43-8)32-14-12-11-13-31(32)35(33)42-7/h11-25H,9-10H2,1-8H3. The molecule has 0 heterocycles. The molecule has 0 aliphatic carbocycles. The first kappa shape index (κ1) is 33.2. The second kappa shape index (κ2) is 12.9. The van der Waals surface area contributed by atoms with Gasteiger partial charge in [0.15, 0.2) is 0 Å². The fraction of sp³-hybridized carbons (Fsp3) is 0.316. The molecule has 7 heteroatoms. The van der Waals surface area contributed by atoms with Gasteiger partial charge in [-0.25, -0.2) is 0 Å². The van der Waals surface area contributed by atoms with Crippen molar-refractivity contribution in [3.05, 3.63) is 109 Å². The quantitative estimate of drug-likeness (QED) is 0.0998. The molecule has 0 atom stereocenters. The van der Waals surface area contributed by atoms with Crippen LogP contribution >= 0.6 is 20.2 Å². The van der Waals surface area contributed by atoms with E-state index in [2.05, 4.69) is 90.1 Å². The van der Waals surface area contributed by atoms with Crippen molar-refractivity contribution in [3.63, 3.8) is 0 Å². The van der Waals surface area contributed by atoms with Crippen LogP contribution in [0.4, 0.5) is 0 Å². The summed E-state index contributed by atoms with van der Waals surface area (Å²) in [6.07, 6.45) is 2.00. The van der Waals surface area contributed by atoms with Crippen LogP contribution in [-0.2, 0) is 23.5 Å². The Bertz CT molecular complexity index is 1870. The molecule has 238 valence electrons. The molecule has 0 saturated carbocycles. The first-order valence-corrected chi connectivity index (χ1v) is 19.7. The molecule has 0 spiro atoms. The summed E-state index contributed by atoms with van der Waals surface area (Å²) in [6, 6.07) is 29.5. The van der Waals surface area contributed by atoms with Gasteiger partial charge in [-0.1, -0.05) is 0 Å². The van der Waals surface area contributed by atoms with E-state index in [1.807, 2.05) is 24.3 Å². The average Bonchev–Trinajstić information content (AvgIpc) is 3.06. The van der Waals surface area contributed by atoms with Gasteiger partial charge < -0.3 is 0 Å². The Morgan fingerprint density at radius 3 is 1.44 bits per heavy atom. The molecular weight excluding hydrogens is 695 g/mol. The van der Waals surface area contributed by atoms with Crippen molar-refractivity contribution in [1.29, 1.82) is 0 Å². The molecule has 45 heavy (non-hydrogen) atoms. The van der Waals surface area contributed by atoms with E-state index in [-0.39, 0.29) is 15.7 Å². The van der Waals surface area contributed by atoms with Crippen LogP contribution in [0.2, 0.25) is 0 Å². The number of halogens is 1. The molecule has 5 rings (SSSR count). The third-order valence-electron chi connectivity index (χ3n) is 9.16. The van der Waals surface area contributed by atoms with Crippen LogP contribution in [0.3, 0.4) is 0 Å². The van der Waals surface area contributed by atoms with Gasteiger partial charge in [0.1, 0.15) is 0 Å². The number of rotatable bonds is 11. The molecule has 5 aromatic carbocycles. The molecule has 0 bridgehead atoms. The van der Waals surface area contributed by atoms with Crippen molar-refractivity contribution < 1.29 is 20.4 Å². The summed E-state index contributed by atoms with van der Waals surface area (Å²) in [5.74, 6) is 1.27. The van der Waals surface area contributed by atoms with Crippen LogP contribution < -0.4 is 9.47 Å². The molecule has 0 aliphatic heterocycles. The van der Waals surface area contributed by atoms with Crippen molar-refractivity contribution in [3.8, 4) is 11.5 Å². The number of methoxy groups -OCH3 is 2. The zero-order valence-electron chi connectivity index (χ0n) is 27.4. The average molecular weight is 739 g/mol. The Labute approximate surface area is 276 Å². The monoisotopic (exact) mass is 738 g/mol. The van der Waals surface area contributed by atoms with Gasteiger partial charge in [-0.15, -0.1) is 0 Å². The van der Waals surface area contributed by atoms with Gasteiger partial charge in [0.2, 0.25) is 0 Å². The van der Waals surface area contributed by atoms with Crippen LogP contribution in [0.15, 0.2) is 95.9 Å². The molecule has 0 aliphatic rings. The molecule has 0 amide bonds. The first-order valence-electron chi connectivity index (χ1n) is 15.3. The van der Waals surface area contributed by atoms with Crippen LogP contribution in [0, 0.1) is 7.14 Å². The SMILES string of the molecule is CCC(C)(C)c1ccc(I(OS(=O)(=O)c2ccc3c(OC)c4ccccc4c(OC)c3c2)c2ccc(C(C)(C)CC)cc2)cc1. The van der Waals surface area contributed by atoms with Crippen LogP contribution in [0.25, 0.3) is 21.5 Å². The van der Waals surface area contributed by atoms with Gasteiger partial charge in [0.25, 0.3) is 0 Å². The summed E-state index contributed by atoms with van der Waals surface area (Å²) in [4.78, 5) is 0.0837. The summed E-state index contributed by atoms with van der Waals surface area (Å²) >= 11 is -2.93. The zero-order valence-corrected chi connectivity index (χ0v) is 30.4. The Hall–Kier alpha value is -3.14. The molecule has 0 radical (unpaired) electrons. The number of ether oxygens (including phenoxy) is 2. The molecule has 0 N–H and O–H groups in total. The maximum atomic E-state index is 14.1. The van der Waals surface area contributed by atoms with Gasteiger partial charge in [-0.3, -0.25) is 0 Å². The van der Waals surface area contributed by atoms with Crippen molar-refractivity contribution in [2.24, 2.45) is 0 Å². The first-order chi connectivity index (χ1) is 21.4. The Morgan fingerprint density at radius 2 is 1.02 bits per heavy atom. The summed E-state index contributed by atoms with van der Waals surface area (Å²) in [6.45, 7) is 13.2. The molecule has 0 saturated heterocycles. The number of hydrogen-bond donors (Lipinski definition) is 0. The number of hydrogen-bond acceptors (Lipinski definition) is 5. The summed E-state index contributed by atoms with van der Waals surface area (Å²) < 4.78 is 48.1. The fourth-order valence-corrected chi connectivity index (χ4v) is 12.3. The number of benzene rings is 5. The third-order valence-corrected chi connectivity index (χ3v) is 16.5. The van der Waals surface area contributed by atoms with Gasteiger partial charge in [-0.2, -0.15) is 0 Å². The zero-order chi connectivity index (χ0) is 32.6. The molecule has 0 aromatic heterocycles. The maximum absolute atomic E-state index is 14.1. The second-order valence-corrected chi connectivity index (χ2v) is 19.1. The molecule has 5 aromatic rings. The summed E-state index contributed by atoms with van der Waals surface area (Å²) in [5.41, 5.74) is 2.48. The third kappa shape index (κ3) is 6.44. The Kier molecular flexibility index (Phi) is 9.55. The predicted octanol–water partition coefficient (Wildman–Crippen LogP) is 10.3. The number of fused-ring (bicyclic) bond motifs is 2. The molecule has 5 nitrogen and oxygen atoms in total. The van der Waals surface area contributed by atoms with E-state index in [1.165, 1.54) is 11.1 Å². The van der Waals surface area contributed by atoms with Crippen molar-refractivity contribution >= 4 is 51.9 Å². The van der Waals surface area contributed by atoms with Crippen LogP contribution in [-0.4, -0.2) is 22.6 Å². The van der Waals surface area contributed by atoms with Gasteiger partial charge in [0, 0.05) is 0 Å². The fourth-order valence-electron chi connectivity index (χ4n) is 5.43. The van der Waals surface area contributed by atoms with Crippen LogP contribution in [0.5, 0.6) is 11.5 Å². The van der Waals surface area contributed by atoms with E-state index in [1.54, 1.807) is 32.4 Å². The van der Waals surface area contributed by atoms with Gasteiger partial charge in [-0.05, 0) is 0 Å². The van der Waals surface area contributed by atoms with E-state index in [0.717, 1.165) is 36.1 Å². The van der Waals surface area contributed by atoms with E-state index in [0.29, 0.717) is 16.9 Å². The van der Waals surface area contributed by atoms with Crippen LogP contribution in [0.1, 0.15) is 65.5 Å². The van der Waals surface area contributed by atoms with E-state index in [4.69, 9.17) is 12.0 Å².